The van der Waals surface area contributed by atoms with Gasteiger partial charge < -0.3 is 5.32 Å². The number of nitrogens with one attached hydrogen (secondary N) is 1. The molecule has 1 atom stereocenters. The molecule has 1 aliphatic heterocycles. The third-order valence-corrected chi connectivity index (χ3v) is 6.95. The Morgan fingerprint density at radius 3 is 2.45 bits per heavy atom. The third kappa shape index (κ3) is 4.66. The maximum atomic E-state index is 13.2. The number of hydrogen-bond acceptors (Lipinski definition) is 3. The van der Waals surface area contributed by atoms with E-state index in [-0.39, 0.29) is 17.4 Å². The molecule has 2 aromatic rings. The van der Waals surface area contributed by atoms with E-state index in [1.165, 1.54) is 10.4 Å². The predicted molar refractivity (Wildman–Crippen MR) is 117 cm³/mol. The molecule has 0 fully saturated rings. The monoisotopic (exact) mass is 410 g/mol. The first-order valence-corrected chi connectivity index (χ1v) is 11.0. The minimum atomic E-state index is -3.87. The Morgan fingerprint density at radius 2 is 1.79 bits per heavy atom. The van der Waals surface area contributed by atoms with Crippen molar-refractivity contribution in [1.82, 2.24) is 4.31 Å². The molecule has 0 aromatic heterocycles. The third-order valence-electron chi connectivity index (χ3n) is 5.10. The zero-order valence-electron chi connectivity index (χ0n) is 16.8. The van der Waals surface area contributed by atoms with Crippen LogP contribution in [-0.2, 0) is 27.7 Å². The molecule has 1 N–H and O–H groups in total. The van der Waals surface area contributed by atoms with Gasteiger partial charge in [-0.05, 0) is 56.0 Å². The molecule has 1 unspecified atom stereocenters. The van der Waals surface area contributed by atoms with E-state index in [1.54, 1.807) is 13.0 Å². The first kappa shape index (κ1) is 21.0. The Balaban J connectivity index is 1.97. The van der Waals surface area contributed by atoms with Gasteiger partial charge in [-0.15, -0.1) is 0 Å². The molecule has 0 bridgehead atoms. The van der Waals surface area contributed by atoms with Gasteiger partial charge in [-0.25, -0.2) is 8.42 Å². The van der Waals surface area contributed by atoms with Gasteiger partial charge in [0.05, 0.1) is 4.91 Å². The summed E-state index contributed by atoms with van der Waals surface area (Å²) < 4.78 is 27.7. The topological polar surface area (TPSA) is 66.5 Å². The van der Waals surface area contributed by atoms with E-state index in [0.717, 1.165) is 16.7 Å². The largest absolute Gasteiger partial charge is 0.325 e. The molecule has 2 aromatic carbocycles. The van der Waals surface area contributed by atoms with Crippen molar-refractivity contribution >= 4 is 21.6 Å². The second kappa shape index (κ2) is 8.76. The average molecular weight is 411 g/mol. The average Bonchev–Trinajstić information content (AvgIpc) is 2.90. The number of nitrogens with zero attached hydrogens (tertiary/aromatic N) is 1. The summed E-state index contributed by atoms with van der Waals surface area (Å²) in [5.74, 6) is -0.345. The van der Waals surface area contributed by atoms with Gasteiger partial charge in [-0.2, -0.15) is 4.31 Å². The molecule has 1 amide bonds. The van der Waals surface area contributed by atoms with E-state index in [4.69, 9.17) is 0 Å². The second-order valence-corrected chi connectivity index (χ2v) is 9.12. The highest BCUT2D eigenvalue weighted by atomic mass is 32.2. The van der Waals surface area contributed by atoms with Crippen LogP contribution in [0.3, 0.4) is 0 Å². The fourth-order valence-electron chi connectivity index (χ4n) is 3.49. The molecular formula is C23H26N2O3S. The van der Waals surface area contributed by atoms with Crippen LogP contribution in [0.15, 0.2) is 72.2 Å². The number of fused-ring (bicyclic) bond motifs is 1. The zero-order chi connectivity index (χ0) is 21.0. The van der Waals surface area contributed by atoms with Crippen molar-refractivity contribution in [3.63, 3.8) is 0 Å². The number of hydrogen-bond donors (Lipinski definition) is 1. The van der Waals surface area contributed by atoms with Gasteiger partial charge in [0.25, 0.3) is 0 Å². The molecule has 6 heteroatoms. The number of benzene rings is 2. The van der Waals surface area contributed by atoms with Gasteiger partial charge in [0.15, 0.2) is 0 Å². The maximum absolute atomic E-state index is 13.2. The Hall–Kier alpha value is -2.70. The predicted octanol–water partition coefficient (Wildman–Crippen LogP) is 3.82. The number of amides is 1. The first-order valence-electron chi connectivity index (χ1n) is 9.60. The lowest BCUT2D eigenvalue weighted by Crippen LogP contribution is -2.48. The Morgan fingerprint density at radius 1 is 1.14 bits per heavy atom. The van der Waals surface area contributed by atoms with Crippen molar-refractivity contribution in [3.05, 3.63) is 88.9 Å². The summed E-state index contributed by atoms with van der Waals surface area (Å²) in [7, 11) is -3.87. The van der Waals surface area contributed by atoms with Crippen molar-refractivity contribution in [2.24, 2.45) is 0 Å². The van der Waals surface area contributed by atoms with Crippen LogP contribution >= 0.6 is 0 Å². The molecule has 0 saturated heterocycles. The summed E-state index contributed by atoms with van der Waals surface area (Å²) in [6.45, 7) is 7.64. The number of carbonyl (C=O) groups is 1. The van der Waals surface area contributed by atoms with Crippen LogP contribution in [0.4, 0.5) is 5.69 Å². The highest BCUT2D eigenvalue weighted by Crippen LogP contribution is 2.26. The van der Waals surface area contributed by atoms with E-state index in [1.807, 2.05) is 55.5 Å². The van der Waals surface area contributed by atoms with E-state index in [2.05, 4.69) is 11.9 Å². The van der Waals surface area contributed by atoms with Crippen LogP contribution in [0, 0.1) is 6.92 Å². The van der Waals surface area contributed by atoms with Crippen molar-refractivity contribution < 1.29 is 13.2 Å². The molecule has 3 rings (SSSR count). The molecule has 0 spiro atoms. The van der Waals surface area contributed by atoms with Gasteiger partial charge in [-0.1, -0.05) is 54.6 Å². The zero-order valence-corrected chi connectivity index (χ0v) is 17.6. The van der Waals surface area contributed by atoms with Crippen LogP contribution in [0.25, 0.3) is 0 Å². The van der Waals surface area contributed by atoms with E-state index < -0.39 is 16.1 Å². The van der Waals surface area contributed by atoms with Gasteiger partial charge in [-0.3, -0.25) is 4.79 Å². The molecular weight excluding hydrogens is 384 g/mol. The maximum Gasteiger partial charge on any atom is 0.243 e. The van der Waals surface area contributed by atoms with Gasteiger partial charge >= 0.3 is 0 Å². The standard InChI is InChI=1S/C23H26N2O3S/c1-4-7-18(3)29(27,28)25-15-14-19-8-5-6-9-20(19)16-22(25)23(26)24-21-12-10-17(2)11-13-21/h4-13,22H,3,14-16H2,1-2H3,(H,24,26)/b7-4-. The highest BCUT2D eigenvalue weighted by Gasteiger charge is 2.37. The van der Waals surface area contributed by atoms with Crippen LogP contribution in [0.5, 0.6) is 0 Å². The molecule has 1 aliphatic rings. The highest BCUT2D eigenvalue weighted by molar-refractivity contribution is 7.93. The van der Waals surface area contributed by atoms with Gasteiger partial charge in [0.1, 0.15) is 6.04 Å². The molecule has 0 radical (unpaired) electrons. The molecule has 5 nitrogen and oxygen atoms in total. The molecule has 0 aliphatic carbocycles. The fraction of sp³-hybridized carbons (Fsp3) is 0.261. The number of allylic oxidation sites excluding steroid dienone is 2. The summed E-state index contributed by atoms with van der Waals surface area (Å²) in [6, 6.07) is 14.4. The minimum Gasteiger partial charge on any atom is -0.325 e. The van der Waals surface area contributed by atoms with Crippen molar-refractivity contribution in [1.29, 1.82) is 0 Å². The van der Waals surface area contributed by atoms with Crippen molar-refractivity contribution in [3.8, 4) is 0 Å². The van der Waals surface area contributed by atoms with E-state index in [9.17, 15) is 13.2 Å². The van der Waals surface area contributed by atoms with Crippen LogP contribution in [0.1, 0.15) is 23.6 Å². The number of aryl methyl sites for hydroxylation is 1. The molecule has 1 heterocycles. The Labute approximate surface area is 172 Å². The first-order chi connectivity index (χ1) is 13.8. The van der Waals surface area contributed by atoms with Crippen LogP contribution < -0.4 is 5.32 Å². The van der Waals surface area contributed by atoms with Crippen molar-refractivity contribution in [2.45, 2.75) is 32.7 Å². The van der Waals surface area contributed by atoms with Gasteiger partial charge in [0.2, 0.25) is 15.9 Å². The van der Waals surface area contributed by atoms with Crippen molar-refractivity contribution in [2.75, 3.05) is 11.9 Å². The number of anilines is 1. The van der Waals surface area contributed by atoms with E-state index >= 15 is 0 Å². The lowest BCUT2D eigenvalue weighted by molar-refractivity contribution is -0.119. The lowest BCUT2D eigenvalue weighted by atomic mass is 10.0. The quantitative estimate of drug-likeness (QED) is 0.762. The smallest absolute Gasteiger partial charge is 0.243 e. The summed E-state index contributed by atoms with van der Waals surface area (Å²) >= 11 is 0. The molecule has 29 heavy (non-hydrogen) atoms. The van der Waals surface area contributed by atoms with Gasteiger partial charge in [0, 0.05) is 12.2 Å². The summed E-state index contributed by atoms with van der Waals surface area (Å²) in [6.07, 6.45) is 3.96. The lowest BCUT2D eigenvalue weighted by Gasteiger charge is -2.28. The summed E-state index contributed by atoms with van der Waals surface area (Å²) in [4.78, 5) is 13.2. The Kier molecular flexibility index (Phi) is 6.35. The van der Waals surface area contributed by atoms with Crippen LogP contribution in [0.2, 0.25) is 0 Å². The fourth-order valence-corrected chi connectivity index (χ4v) is 4.94. The molecule has 0 saturated carbocycles. The summed E-state index contributed by atoms with van der Waals surface area (Å²) in [5, 5.41) is 2.88. The number of rotatable bonds is 5. The summed E-state index contributed by atoms with van der Waals surface area (Å²) in [5.41, 5.74) is 3.78. The number of sulfonamides is 1. The van der Waals surface area contributed by atoms with Crippen LogP contribution in [-0.4, -0.2) is 31.2 Å². The van der Waals surface area contributed by atoms with E-state index in [0.29, 0.717) is 18.5 Å². The normalized spacial score (nSPS) is 17.5. The minimum absolute atomic E-state index is 0.0147. The molecule has 152 valence electrons. The SMILES string of the molecule is C=C(/C=C\C)S(=O)(=O)N1CCc2ccccc2CC1C(=O)Nc1ccc(C)cc1. The Bertz CT molecular complexity index is 1040. The number of carbonyl (C=O) groups excluding carboxylic acids is 1. The second-order valence-electron chi connectivity index (χ2n) is 7.18.